The topological polar surface area (TPSA) is 45.7 Å². The highest BCUT2D eigenvalue weighted by molar-refractivity contribution is 7.22. The fourth-order valence-electron chi connectivity index (χ4n) is 3.42. The second kappa shape index (κ2) is 9.71. The van der Waals surface area contributed by atoms with E-state index < -0.39 is 0 Å². The predicted molar refractivity (Wildman–Crippen MR) is 124 cm³/mol. The van der Waals surface area contributed by atoms with Crippen molar-refractivity contribution in [2.45, 2.75) is 6.92 Å². The lowest BCUT2D eigenvalue weighted by Gasteiger charge is -2.28. The maximum absolute atomic E-state index is 13.2. The van der Waals surface area contributed by atoms with E-state index >= 15 is 0 Å². The Kier molecular flexibility index (Phi) is 6.79. The number of hydrogen-bond donors (Lipinski definition) is 0. The molecule has 0 radical (unpaired) electrons. The van der Waals surface area contributed by atoms with Gasteiger partial charge in [0.2, 0.25) is 0 Å². The first-order valence-electron chi connectivity index (χ1n) is 10.0. The number of morpholine rings is 1. The van der Waals surface area contributed by atoms with E-state index in [0.29, 0.717) is 11.6 Å². The number of aryl methyl sites for hydroxylation is 1. The fourth-order valence-corrected chi connectivity index (χ4v) is 4.69. The number of nitrogens with zero attached hydrogens (tertiary/aromatic N) is 3. The Balaban J connectivity index is 1.59. The zero-order chi connectivity index (χ0) is 20.9. The number of anilines is 1. The van der Waals surface area contributed by atoms with Crippen molar-refractivity contribution in [3.05, 3.63) is 64.7 Å². The number of ether oxygens (including phenoxy) is 1. The number of halogens is 1. The van der Waals surface area contributed by atoms with Crippen molar-refractivity contribution in [1.82, 2.24) is 9.88 Å². The molecule has 1 aliphatic rings. The third kappa shape index (κ3) is 4.90. The van der Waals surface area contributed by atoms with E-state index in [-0.39, 0.29) is 5.91 Å². The van der Waals surface area contributed by atoms with Gasteiger partial charge in [0, 0.05) is 37.3 Å². The van der Waals surface area contributed by atoms with Crippen LogP contribution in [0.4, 0.5) is 5.13 Å². The maximum atomic E-state index is 13.2. The van der Waals surface area contributed by atoms with Gasteiger partial charge in [0.25, 0.3) is 5.91 Å². The molecule has 0 saturated carbocycles. The highest BCUT2D eigenvalue weighted by Gasteiger charge is 2.20. The summed E-state index contributed by atoms with van der Waals surface area (Å²) < 4.78 is 6.52. The first-order valence-corrected chi connectivity index (χ1v) is 11.2. The van der Waals surface area contributed by atoms with Crippen LogP contribution in [0.3, 0.4) is 0 Å². The smallest absolute Gasteiger partial charge is 0.252 e. The molecule has 4 rings (SSSR count). The Hall–Kier alpha value is -2.25. The highest BCUT2D eigenvalue weighted by atomic mass is 35.5. The van der Waals surface area contributed by atoms with E-state index in [1.807, 2.05) is 49.4 Å². The van der Waals surface area contributed by atoms with Crippen molar-refractivity contribution in [1.29, 1.82) is 0 Å². The van der Waals surface area contributed by atoms with Crippen LogP contribution in [0.15, 0.2) is 48.5 Å². The molecule has 1 saturated heterocycles. The Morgan fingerprint density at radius 2 is 2.03 bits per heavy atom. The van der Waals surface area contributed by atoms with Gasteiger partial charge in [0.15, 0.2) is 5.13 Å². The molecular formula is C23H24ClN3O2S. The number of thiazole rings is 1. The summed E-state index contributed by atoms with van der Waals surface area (Å²) in [7, 11) is 0. The normalized spacial score (nSPS) is 15.1. The van der Waals surface area contributed by atoms with E-state index in [9.17, 15) is 4.79 Å². The van der Waals surface area contributed by atoms with Crippen LogP contribution in [-0.2, 0) is 9.53 Å². The summed E-state index contributed by atoms with van der Waals surface area (Å²) in [4.78, 5) is 22.1. The first-order chi connectivity index (χ1) is 14.6. The minimum atomic E-state index is -0.0973. The number of carbonyl (C=O) groups excluding carboxylic acids is 1. The Bertz CT molecular complexity index is 1060. The Morgan fingerprint density at radius 3 is 2.80 bits per heavy atom. The highest BCUT2D eigenvalue weighted by Crippen LogP contribution is 2.31. The van der Waals surface area contributed by atoms with Gasteiger partial charge in [0.1, 0.15) is 0 Å². The van der Waals surface area contributed by atoms with Crippen LogP contribution < -0.4 is 4.90 Å². The lowest BCUT2D eigenvalue weighted by molar-refractivity contribution is -0.114. The molecule has 1 fully saturated rings. The predicted octanol–water partition coefficient (Wildman–Crippen LogP) is 4.64. The van der Waals surface area contributed by atoms with E-state index in [1.165, 1.54) is 0 Å². The summed E-state index contributed by atoms with van der Waals surface area (Å²) in [6.07, 6.45) is 3.35. The minimum Gasteiger partial charge on any atom is -0.379 e. The van der Waals surface area contributed by atoms with E-state index in [4.69, 9.17) is 21.3 Å². The van der Waals surface area contributed by atoms with E-state index in [0.717, 1.165) is 59.3 Å². The molecule has 0 aliphatic carbocycles. The quantitative estimate of drug-likeness (QED) is 0.523. The number of benzene rings is 2. The second-order valence-electron chi connectivity index (χ2n) is 7.22. The molecule has 0 N–H and O–H groups in total. The first kappa shape index (κ1) is 21.0. The molecule has 1 aliphatic heterocycles. The molecule has 0 spiro atoms. The van der Waals surface area contributed by atoms with Crippen molar-refractivity contribution in [3.63, 3.8) is 0 Å². The van der Waals surface area contributed by atoms with Crippen molar-refractivity contribution in [2.24, 2.45) is 0 Å². The maximum Gasteiger partial charge on any atom is 0.252 e. The molecule has 0 atom stereocenters. The van der Waals surface area contributed by atoms with Gasteiger partial charge in [-0.25, -0.2) is 4.98 Å². The van der Waals surface area contributed by atoms with Crippen LogP contribution in [0.5, 0.6) is 0 Å². The zero-order valence-electron chi connectivity index (χ0n) is 16.9. The average Bonchev–Trinajstić information content (AvgIpc) is 3.19. The summed E-state index contributed by atoms with van der Waals surface area (Å²) in [5.41, 5.74) is 2.89. The third-order valence-corrected chi connectivity index (χ3v) is 6.55. The van der Waals surface area contributed by atoms with Crippen LogP contribution in [-0.4, -0.2) is 55.2 Å². The van der Waals surface area contributed by atoms with Crippen molar-refractivity contribution < 1.29 is 9.53 Å². The third-order valence-electron chi connectivity index (χ3n) is 5.16. The zero-order valence-corrected chi connectivity index (χ0v) is 18.5. The van der Waals surface area contributed by atoms with Crippen LogP contribution in [0.2, 0.25) is 5.02 Å². The van der Waals surface area contributed by atoms with Gasteiger partial charge in [-0.3, -0.25) is 14.6 Å². The number of aromatic nitrogens is 1. The molecule has 1 amide bonds. The number of para-hydroxylation sites is 1. The molecule has 1 aromatic heterocycles. The van der Waals surface area contributed by atoms with Gasteiger partial charge in [-0.2, -0.15) is 0 Å². The number of fused-ring (bicyclic) bond motifs is 1. The summed E-state index contributed by atoms with van der Waals surface area (Å²) in [6.45, 7) is 6.64. The van der Waals surface area contributed by atoms with E-state index in [2.05, 4.69) is 4.90 Å². The molecule has 0 unspecified atom stereocenters. The van der Waals surface area contributed by atoms with E-state index in [1.54, 1.807) is 28.4 Å². The molecular weight excluding hydrogens is 418 g/mol. The number of hydrogen-bond acceptors (Lipinski definition) is 5. The number of carbonyl (C=O) groups is 1. The van der Waals surface area contributed by atoms with Crippen LogP contribution in [0.1, 0.15) is 11.1 Å². The molecule has 3 aromatic rings. The van der Waals surface area contributed by atoms with Crippen LogP contribution >= 0.6 is 22.9 Å². The molecule has 2 aromatic carbocycles. The lowest BCUT2D eigenvalue weighted by atomic mass is 10.2. The molecule has 5 nitrogen and oxygen atoms in total. The summed E-state index contributed by atoms with van der Waals surface area (Å²) in [5.74, 6) is -0.0973. The van der Waals surface area contributed by atoms with Gasteiger partial charge in [-0.1, -0.05) is 53.3 Å². The SMILES string of the molecule is Cc1cccc2sc(N(CCN3CCOCC3)C(=O)/C=C/c3ccccc3Cl)nc12. The molecule has 0 bridgehead atoms. The van der Waals surface area contributed by atoms with Gasteiger partial charge in [0.05, 0.1) is 23.4 Å². The van der Waals surface area contributed by atoms with Crippen molar-refractivity contribution in [2.75, 3.05) is 44.3 Å². The molecule has 2 heterocycles. The monoisotopic (exact) mass is 441 g/mol. The Morgan fingerprint density at radius 1 is 1.23 bits per heavy atom. The minimum absolute atomic E-state index is 0.0973. The molecule has 7 heteroatoms. The van der Waals surface area contributed by atoms with Gasteiger partial charge in [-0.05, 0) is 36.3 Å². The lowest BCUT2D eigenvalue weighted by Crippen LogP contribution is -2.42. The number of rotatable bonds is 6. The standard InChI is InChI=1S/C23H24ClN3O2S/c1-17-5-4-8-20-22(17)25-23(30-20)27(12-11-26-13-15-29-16-14-26)21(28)10-9-18-6-2-3-7-19(18)24/h2-10H,11-16H2,1H3/b10-9+. The van der Waals surface area contributed by atoms with Crippen molar-refractivity contribution in [3.8, 4) is 0 Å². The summed E-state index contributed by atoms with van der Waals surface area (Å²) in [5, 5.41) is 1.35. The second-order valence-corrected chi connectivity index (χ2v) is 8.63. The van der Waals surface area contributed by atoms with Crippen LogP contribution in [0.25, 0.3) is 16.3 Å². The van der Waals surface area contributed by atoms with Gasteiger partial charge >= 0.3 is 0 Å². The average molecular weight is 442 g/mol. The molecule has 30 heavy (non-hydrogen) atoms. The van der Waals surface area contributed by atoms with Gasteiger partial charge in [-0.15, -0.1) is 0 Å². The number of amides is 1. The summed E-state index contributed by atoms with van der Waals surface area (Å²) in [6, 6.07) is 13.6. The summed E-state index contributed by atoms with van der Waals surface area (Å²) >= 11 is 7.78. The Labute approximate surface area is 185 Å². The fraction of sp³-hybridized carbons (Fsp3) is 0.304. The molecule has 156 valence electrons. The largest absolute Gasteiger partial charge is 0.379 e. The van der Waals surface area contributed by atoms with Gasteiger partial charge < -0.3 is 4.74 Å². The van der Waals surface area contributed by atoms with Crippen LogP contribution in [0, 0.1) is 6.92 Å². The van der Waals surface area contributed by atoms with Crippen molar-refractivity contribution >= 4 is 50.3 Å².